The number of methoxy groups -OCH3 is 1. The maximum Gasteiger partial charge on any atom is 0.408 e. The number of carbonyl (C=O) groups is 2. The van der Waals surface area contributed by atoms with Gasteiger partial charge in [-0.15, -0.1) is 0 Å². The largest absolute Gasteiger partial charge is 0.496 e. The summed E-state index contributed by atoms with van der Waals surface area (Å²) in [6.45, 7) is 2.07. The summed E-state index contributed by atoms with van der Waals surface area (Å²) in [5, 5.41) is 5.27. The lowest BCUT2D eigenvalue weighted by Crippen LogP contribution is -2.44. The maximum atomic E-state index is 12.1. The first-order valence-electron chi connectivity index (χ1n) is 7.97. The van der Waals surface area contributed by atoms with E-state index in [-0.39, 0.29) is 12.5 Å². The highest BCUT2D eigenvalue weighted by Crippen LogP contribution is 2.16. The topological polar surface area (TPSA) is 76.7 Å². The van der Waals surface area contributed by atoms with E-state index in [1.807, 2.05) is 54.6 Å². The van der Waals surface area contributed by atoms with Crippen molar-refractivity contribution >= 4 is 12.0 Å². The lowest BCUT2D eigenvalue weighted by Gasteiger charge is -2.15. The molecule has 0 aliphatic carbocycles. The van der Waals surface area contributed by atoms with Crippen LogP contribution in [-0.2, 0) is 22.7 Å². The number of nitrogens with one attached hydrogen (secondary N) is 2. The number of carbonyl (C=O) groups excluding carboxylic acids is 2. The first kappa shape index (κ1) is 18.3. The van der Waals surface area contributed by atoms with Gasteiger partial charge in [0, 0.05) is 12.1 Å². The van der Waals surface area contributed by atoms with Crippen molar-refractivity contribution in [3.8, 4) is 5.75 Å². The first-order chi connectivity index (χ1) is 12.1. The predicted molar refractivity (Wildman–Crippen MR) is 94.1 cm³/mol. The molecule has 2 aromatic rings. The summed E-state index contributed by atoms with van der Waals surface area (Å²) in [6, 6.07) is 16.0. The van der Waals surface area contributed by atoms with E-state index in [1.54, 1.807) is 14.0 Å². The summed E-state index contributed by atoms with van der Waals surface area (Å²) in [5.41, 5.74) is 1.74. The fourth-order valence-corrected chi connectivity index (χ4v) is 2.19. The summed E-state index contributed by atoms with van der Waals surface area (Å²) >= 11 is 0. The molecule has 132 valence electrons. The third-order valence-corrected chi connectivity index (χ3v) is 3.59. The van der Waals surface area contributed by atoms with E-state index >= 15 is 0 Å². The summed E-state index contributed by atoms with van der Waals surface area (Å²) in [6.07, 6.45) is -0.635. The normalized spacial score (nSPS) is 11.3. The molecule has 0 aromatic heterocycles. The summed E-state index contributed by atoms with van der Waals surface area (Å²) < 4.78 is 10.3. The zero-order valence-electron chi connectivity index (χ0n) is 14.3. The lowest BCUT2D eigenvalue weighted by molar-refractivity contribution is -0.122. The van der Waals surface area contributed by atoms with Crippen LogP contribution in [0.2, 0.25) is 0 Å². The second-order valence-electron chi connectivity index (χ2n) is 5.46. The van der Waals surface area contributed by atoms with Crippen molar-refractivity contribution in [2.75, 3.05) is 7.11 Å². The zero-order valence-corrected chi connectivity index (χ0v) is 14.3. The number of alkyl carbamates (subject to hydrolysis) is 1. The molecule has 0 saturated carbocycles. The Balaban J connectivity index is 1.76. The molecule has 2 amide bonds. The van der Waals surface area contributed by atoms with Gasteiger partial charge in [-0.05, 0) is 18.6 Å². The highest BCUT2D eigenvalue weighted by Gasteiger charge is 2.16. The fourth-order valence-electron chi connectivity index (χ4n) is 2.19. The van der Waals surface area contributed by atoms with Gasteiger partial charge in [-0.3, -0.25) is 4.79 Å². The molecule has 0 aliphatic heterocycles. The van der Waals surface area contributed by atoms with Crippen molar-refractivity contribution in [1.82, 2.24) is 10.6 Å². The highest BCUT2D eigenvalue weighted by molar-refractivity contribution is 5.85. The molecule has 1 atom stereocenters. The van der Waals surface area contributed by atoms with Gasteiger partial charge in [0.05, 0.1) is 7.11 Å². The van der Waals surface area contributed by atoms with Crippen molar-refractivity contribution in [3.05, 3.63) is 65.7 Å². The molecule has 0 fully saturated rings. The number of para-hydroxylation sites is 1. The molecule has 0 saturated heterocycles. The highest BCUT2D eigenvalue weighted by atomic mass is 16.5. The van der Waals surface area contributed by atoms with Crippen LogP contribution < -0.4 is 15.4 Å². The summed E-state index contributed by atoms with van der Waals surface area (Å²) in [4.78, 5) is 23.9. The molecular weight excluding hydrogens is 320 g/mol. The summed E-state index contributed by atoms with van der Waals surface area (Å²) in [5.74, 6) is 0.397. The van der Waals surface area contributed by atoms with Gasteiger partial charge in [0.25, 0.3) is 0 Å². The Hall–Kier alpha value is -3.02. The van der Waals surface area contributed by atoms with Crippen molar-refractivity contribution < 1.29 is 19.1 Å². The fraction of sp³-hybridized carbons (Fsp3) is 0.263. The molecule has 6 nitrogen and oxygen atoms in total. The number of benzene rings is 2. The van der Waals surface area contributed by atoms with Gasteiger partial charge < -0.3 is 20.1 Å². The van der Waals surface area contributed by atoms with Crippen LogP contribution >= 0.6 is 0 Å². The van der Waals surface area contributed by atoms with Crippen LogP contribution in [0.3, 0.4) is 0 Å². The smallest absolute Gasteiger partial charge is 0.408 e. The summed E-state index contributed by atoms with van der Waals surface area (Å²) in [7, 11) is 1.58. The van der Waals surface area contributed by atoms with Crippen molar-refractivity contribution in [2.24, 2.45) is 0 Å². The molecule has 2 rings (SSSR count). The molecule has 0 spiro atoms. The Morgan fingerprint density at radius 1 is 1.04 bits per heavy atom. The van der Waals surface area contributed by atoms with E-state index in [0.717, 1.165) is 11.1 Å². The molecule has 1 unspecified atom stereocenters. The minimum absolute atomic E-state index is 0.155. The third-order valence-electron chi connectivity index (χ3n) is 3.59. The monoisotopic (exact) mass is 342 g/mol. The van der Waals surface area contributed by atoms with Gasteiger partial charge in [-0.1, -0.05) is 48.5 Å². The molecule has 0 heterocycles. The maximum absolute atomic E-state index is 12.1. The molecule has 0 radical (unpaired) electrons. The molecule has 0 bridgehead atoms. The van der Waals surface area contributed by atoms with Crippen LogP contribution in [0.5, 0.6) is 5.75 Å². The van der Waals surface area contributed by atoms with Crippen molar-refractivity contribution in [1.29, 1.82) is 0 Å². The van der Waals surface area contributed by atoms with Gasteiger partial charge in [0.15, 0.2) is 0 Å². The second-order valence-corrected chi connectivity index (χ2v) is 5.46. The lowest BCUT2D eigenvalue weighted by atomic mass is 10.2. The van der Waals surface area contributed by atoms with E-state index in [0.29, 0.717) is 12.3 Å². The molecular formula is C19H22N2O4. The van der Waals surface area contributed by atoms with E-state index in [2.05, 4.69) is 10.6 Å². The van der Waals surface area contributed by atoms with Crippen LogP contribution in [-0.4, -0.2) is 25.2 Å². The van der Waals surface area contributed by atoms with Crippen molar-refractivity contribution in [2.45, 2.75) is 26.1 Å². The predicted octanol–water partition coefficient (Wildman–Crippen LogP) is 2.63. The number of rotatable bonds is 7. The van der Waals surface area contributed by atoms with Crippen LogP contribution in [0.1, 0.15) is 18.1 Å². The Bertz CT molecular complexity index is 704. The standard InChI is InChI=1S/C19H22N2O4/c1-14(21-19(23)25-13-15-8-4-3-5-9-15)18(22)20-12-16-10-6-7-11-17(16)24-2/h3-11,14H,12-13H2,1-2H3,(H,20,22)(H,21,23). The Labute approximate surface area is 147 Å². The quantitative estimate of drug-likeness (QED) is 0.811. The first-order valence-corrected chi connectivity index (χ1v) is 7.97. The molecule has 2 N–H and O–H groups in total. The van der Waals surface area contributed by atoms with Crippen LogP contribution in [0.15, 0.2) is 54.6 Å². The van der Waals surface area contributed by atoms with E-state index in [1.165, 1.54) is 0 Å². The average molecular weight is 342 g/mol. The van der Waals surface area contributed by atoms with Crippen LogP contribution in [0, 0.1) is 0 Å². The molecule has 2 aromatic carbocycles. The van der Waals surface area contributed by atoms with Crippen LogP contribution in [0.4, 0.5) is 4.79 Å². The number of ether oxygens (including phenoxy) is 2. The van der Waals surface area contributed by atoms with Gasteiger partial charge in [0.1, 0.15) is 18.4 Å². The number of hydrogen-bond donors (Lipinski definition) is 2. The van der Waals surface area contributed by atoms with Gasteiger partial charge in [-0.2, -0.15) is 0 Å². The molecule has 25 heavy (non-hydrogen) atoms. The van der Waals surface area contributed by atoms with Crippen molar-refractivity contribution in [3.63, 3.8) is 0 Å². The Kier molecular flexibility index (Phi) is 6.83. The molecule has 6 heteroatoms. The number of amides is 2. The SMILES string of the molecule is COc1ccccc1CNC(=O)C(C)NC(=O)OCc1ccccc1. The van der Waals surface area contributed by atoms with Crippen LogP contribution in [0.25, 0.3) is 0 Å². The van der Waals surface area contributed by atoms with Gasteiger partial charge >= 0.3 is 6.09 Å². The minimum atomic E-state index is -0.710. The van der Waals surface area contributed by atoms with E-state index in [4.69, 9.17) is 9.47 Å². The van der Waals surface area contributed by atoms with E-state index in [9.17, 15) is 9.59 Å². The Morgan fingerprint density at radius 3 is 2.44 bits per heavy atom. The van der Waals surface area contributed by atoms with E-state index < -0.39 is 12.1 Å². The second kappa shape index (κ2) is 9.32. The average Bonchev–Trinajstić information content (AvgIpc) is 2.65. The molecule has 0 aliphatic rings. The minimum Gasteiger partial charge on any atom is -0.496 e. The van der Waals surface area contributed by atoms with Gasteiger partial charge in [-0.25, -0.2) is 4.79 Å². The third kappa shape index (κ3) is 5.84. The van der Waals surface area contributed by atoms with Gasteiger partial charge in [0.2, 0.25) is 5.91 Å². The Morgan fingerprint density at radius 2 is 1.72 bits per heavy atom. The number of hydrogen-bond acceptors (Lipinski definition) is 4. The zero-order chi connectivity index (χ0) is 18.1.